The predicted octanol–water partition coefficient (Wildman–Crippen LogP) is 2.57. The Kier molecular flexibility index (Phi) is 5.75. The number of nitrogens with zero attached hydrogens (tertiary/aromatic N) is 2. The van der Waals surface area contributed by atoms with Gasteiger partial charge in [-0.1, -0.05) is 25.9 Å². The van der Waals surface area contributed by atoms with Gasteiger partial charge in [0.1, 0.15) is 5.60 Å². The molecule has 0 bridgehead atoms. The summed E-state index contributed by atoms with van der Waals surface area (Å²) in [6, 6.07) is 0. The van der Waals surface area contributed by atoms with Crippen LogP contribution in [0.5, 0.6) is 0 Å². The van der Waals surface area contributed by atoms with Crippen molar-refractivity contribution in [3.05, 3.63) is 11.7 Å². The summed E-state index contributed by atoms with van der Waals surface area (Å²) in [7, 11) is 1.70. The van der Waals surface area contributed by atoms with Crippen LogP contribution in [0.3, 0.4) is 0 Å². The molecule has 0 radical (unpaired) electrons. The summed E-state index contributed by atoms with van der Waals surface area (Å²) in [5.41, 5.74) is 5.09. The third-order valence-electron chi connectivity index (χ3n) is 3.65. The van der Waals surface area contributed by atoms with Crippen molar-refractivity contribution in [2.45, 2.75) is 58.0 Å². The Morgan fingerprint density at radius 3 is 2.56 bits per heavy atom. The number of rotatable bonds is 8. The van der Waals surface area contributed by atoms with Gasteiger partial charge in [0.05, 0.1) is 0 Å². The SMILES string of the molecule is CCC(CC)(OC)c1noc(C(C)CCCN)n1. The average molecular weight is 255 g/mol. The maximum absolute atomic E-state index is 5.59. The lowest BCUT2D eigenvalue weighted by Crippen LogP contribution is -2.28. The van der Waals surface area contributed by atoms with Crippen LogP contribution in [0.25, 0.3) is 0 Å². The van der Waals surface area contributed by atoms with Crippen LogP contribution in [-0.2, 0) is 10.3 Å². The topological polar surface area (TPSA) is 74.2 Å². The lowest BCUT2D eigenvalue weighted by Gasteiger charge is -2.25. The summed E-state index contributed by atoms with van der Waals surface area (Å²) in [5.74, 6) is 1.59. The summed E-state index contributed by atoms with van der Waals surface area (Å²) in [5, 5.41) is 4.09. The molecule has 18 heavy (non-hydrogen) atoms. The van der Waals surface area contributed by atoms with E-state index in [0.29, 0.717) is 18.3 Å². The van der Waals surface area contributed by atoms with E-state index in [1.165, 1.54) is 0 Å². The van der Waals surface area contributed by atoms with E-state index in [9.17, 15) is 0 Å². The van der Waals surface area contributed by atoms with E-state index in [1.54, 1.807) is 7.11 Å². The normalized spacial score (nSPS) is 13.8. The van der Waals surface area contributed by atoms with E-state index >= 15 is 0 Å². The molecule has 5 nitrogen and oxygen atoms in total. The van der Waals surface area contributed by atoms with Crippen molar-refractivity contribution in [3.8, 4) is 0 Å². The average Bonchev–Trinajstić information content (AvgIpc) is 2.89. The third kappa shape index (κ3) is 3.09. The second-order valence-electron chi connectivity index (χ2n) is 4.69. The van der Waals surface area contributed by atoms with Crippen LogP contribution >= 0.6 is 0 Å². The van der Waals surface area contributed by atoms with Gasteiger partial charge >= 0.3 is 0 Å². The van der Waals surface area contributed by atoms with Crippen LogP contribution in [0.4, 0.5) is 0 Å². The van der Waals surface area contributed by atoms with Gasteiger partial charge in [-0.2, -0.15) is 4.98 Å². The minimum atomic E-state index is -0.421. The maximum atomic E-state index is 5.59. The van der Waals surface area contributed by atoms with Crippen LogP contribution in [0.2, 0.25) is 0 Å². The highest BCUT2D eigenvalue weighted by atomic mass is 16.5. The van der Waals surface area contributed by atoms with Crippen molar-refractivity contribution >= 4 is 0 Å². The smallest absolute Gasteiger partial charge is 0.229 e. The zero-order valence-corrected chi connectivity index (χ0v) is 11.9. The molecule has 1 aromatic heterocycles. The first kappa shape index (κ1) is 15.1. The van der Waals surface area contributed by atoms with Gasteiger partial charge in [-0.25, -0.2) is 0 Å². The second kappa shape index (κ2) is 6.85. The van der Waals surface area contributed by atoms with Gasteiger partial charge in [-0.05, 0) is 32.2 Å². The highest BCUT2D eigenvalue weighted by Gasteiger charge is 2.34. The molecule has 0 aliphatic heterocycles. The molecular weight excluding hydrogens is 230 g/mol. The summed E-state index contributed by atoms with van der Waals surface area (Å²) in [6.45, 7) is 6.92. The van der Waals surface area contributed by atoms with E-state index in [4.69, 9.17) is 15.0 Å². The van der Waals surface area contributed by atoms with Crippen LogP contribution in [0.15, 0.2) is 4.52 Å². The number of nitrogens with two attached hydrogens (primary N) is 1. The largest absolute Gasteiger partial charge is 0.370 e. The van der Waals surface area contributed by atoms with E-state index < -0.39 is 5.60 Å². The van der Waals surface area contributed by atoms with Gasteiger partial charge < -0.3 is 15.0 Å². The van der Waals surface area contributed by atoms with Gasteiger partial charge in [-0.3, -0.25) is 0 Å². The number of hydrogen-bond acceptors (Lipinski definition) is 5. The molecule has 0 amide bonds. The summed E-state index contributed by atoms with van der Waals surface area (Å²) < 4.78 is 10.9. The van der Waals surface area contributed by atoms with Crippen molar-refractivity contribution in [3.63, 3.8) is 0 Å². The molecular formula is C13H25N3O2. The lowest BCUT2D eigenvalue weighted by molar-refractivity contribution is -0.0306. The fourth-order valence-electron chi connectivity index (χ4n) is 2.11. The molecule has 0 aromatic carbocycles. The van der Waals surface area contributed by atoms with Crippen molar-refractivity contribution in [2.24, 2.45) is 5.73 Å². The van der Waals surface area contributed by atoms with Crippen molar-refractivity contribution in [2.75, 3.05) is 13.7 Å². The standard InChI is InChI=1S/C13H25N3O2/c1-5-13(6-2,17-4)12-15-11(18-16-12)10(3)8-7-9-14/h10H,5-9,14H2,1-4H3. The minimum absolute atomic E-state index is 0.248. The zero-order chi connectivity index (χ0) is 13.6. The van der Waals surface area contributed by atoms with E-state index in [1.807, 2.05) is 0 Å². The van der Waals surface area contributed by atoms with Crippen molar-refractivity contribution in [1.82, 2.24) is 10.1 Å². The van der Waals surface area contributed by atoms with Gasteiger partial charge in [0.2, 0.25) is 11.7 Å². The van der Waals surface area contributed by atoms with E-state index in [0.717, 1.165) is 25.7 Å². The number of methoxy groups -OCH3 is 1. The molecule has 1 rings (SSSR count). The molecule has 0 spiro atoms. The zero-order valence-electron chi connectivity index (χ0n) is 11.9. The Hall–Kier alpha value is -0.940. The Morgan fingerprint density at radius 1 is 1.39 bits per heavy atom. The molecule has 0 saturated heterocycles. The Labute approximate surface area is 109 Å². The first-order valence-corrected chi connectivity index (χ1v) is 6.72. The van der Waals surface area contributed by atoms with Crippen LogP contribution in [-0.4, -0.2) is 23.8 Å². The monoisotopic (exact) mass is 255 g/mol. The lowest BCUT2D eigenvalue weighted by atomic mass is 9.96. The molecule has 5 heteroatoms. The van der Waals surface area contributed by atoms with E-state index in [2.05, 4.69) is 30.9 Å². The maximum Gasteiger partial charge on any atom is 0.229 e. The third-order valence-corrected chi connectivity index (χ3v) is 3.65. The van der Waals surface area contributed by atoms with Gasteiger partial charge in [0.15, 0.2) is 0 Å². The molecule has 104 valence electrons. The first-order chi connectivity index (χ1) is 8.63. The van der Waals surface area contributed by atoms with Gasteiger partial charge in [-0.15, -0.1) is 0 Å². The molecule has 0 fully saturated rings. The summed E-state index contributed by atoms with van der Waals surface area (Å²) in [4.78, 5) is 4.50. The Balaban J connectivity index is 2.84. The second-order valence-corrected chi connectivity index (χ2v) is 4.69. The van der Waals surface area contributed by atoms with Gasteiger partial charge in [0, 0.05) is 13.0 Å². The Morgan fingerprint density at radius 2 is 2.06 bits per heavy atom. The number of aromatic nitrogens is 2. The van der Waals surface area contributed by atoms with E-state index in [-0.39, 0.29) is 5.92 Å². The molecule has 0 aliphatic carbocycles. The fourth-order valence-corrected chi connectivity index (χ4v) is 2.11. The van der Waals surface area contributed by atoms with Crippen molar-refractivity contribution in [1.29, 1.82) is 0 Å². The predicted molar refractivity (Wildman–Crippen MR) is 70.3 cm³/mol. The highest BCUT2D eigenvalue weighted by molar-refractivity contribution is 5.02. The molecule has 0 aliphatic rings. The van der Waals surface area contributed by atoms with Gasteiger partial charge in [0.25, 0.3) is 0 Å². The molecule has 0 saturated carbocycles. The first-order valence-electron chi connectivity index (χ1n) is 6.72. The summed E-state index contributed by atoms with van der Waals surface area (Å²) in [6.07, 6.45) is 3.60. The quantitative estimate of drug-likeness (QED) is 0.772. The fraction of sp³-hybridized carbons (Fsp3) is 0.846. The number of ether oxygens (including phenoxy) is 1. The number of hydrogen-bond donors (Lipinski definition) is 1. The summed E-state index contributed by atoms with van der Waals surface area (Å²) >= 11 is 0. The van der Waals surface area contributed by atoms with Crippen LogP contribution < -0.4 is 5.73 Å². The molecule has 2 N–H and O–H groups in total. The molecule has 1 atom stereocenters. The minimum Gasteiger partial charge on any atom is -0.370 e. The van der Waals surface area contributed by atoms with Crippen molar-refractivity contribution < 1.29 is 9.26 Å². The molecule has 1 unspecified atom stereocenters. The molecule has 1 heterocycles. The highest BCUT2D eigenvalue weighted by Crippen LogP contribution is 2.31. The van der Waals surface area contributed by atoms with Crippen LogP contribution in [0, 0.1) is 0 Å². The van der Waals surface area contributed by atoms with Crippen LogP contribution in [0.1, 0.15) is 64.1 Å². The molecule has 1 aromatic rings. The Bertz CT molecular complexity index is 339.